The minimum Gasteiger partial charge on any atom is -0.299 e. The Morgan fingerprint density at radius 2 is 1.65 bits per heavy atom. The normalized spacial score (nSPS) is 11.4. The van der Waals surface area contributed by atoms with E-state index >= 15 is 0 Å². The Kier molecular flexibility index (Phi) is 4.71. The predicted molar refractivity (Wildman–Crippen MR) is 101 cm³/mol. The van der Waals surface area contributed by atoms with Gasteiger partial charge >= 0.3 is 5.69 Å². The van der Waals surface area contributed by atoms with Crippen molar-refractivity contribution in [1.82, 2.24) is 18.9 Å². The van der Waals surface area contributed by atoms with Crippen LogP contribution in [0.3, 0.4) is 0 Å². The number of nitrogens with one attached hydrogen (secondary N) is 1. The maximum atomic E-state index is 12.9. The SMILES string of the molecule is CCCn1c(=O)n(CCC)c2cc(C(=O)c3c(C)[nH]n(C)c3=O)ccc21. The molecule has 2 heterocycles. The number of imidazole rings is 1. The molecule has 0 saturated carbocycles. The maximum Gasteiger partial charge on any atom is 0.329 e. The summed E-state index contributed by atoms with van der Waals surface area (Å²) >= 11 is 0. The van der Waals surface area contributed by atoms with Crippen LogP contribution in [0.4, 0.5) is 0 Å². The number of nitrogens with zero attached hydrogens (tertiary/aromatic N) is 3. The van der Waals surface area contributed by atoms with Crippen molar-refractivity contribution >= 4 is 16.8 Å². The smallest absolute Gasteiger partial charge is 0.299 e. The van der Waals surface area contributed by atoms with Gasteiger partial charge in [0.15, 0.2) is 0 Å². The number of fused-ring (bicyclic) bond motifs is 1. The molecule has 7 nitrogen and oxygen atoms in total. The average molecular weight is 356 g/mol. The molecule has 0 aliphatic heterocycles. The summed E-state index contributed by atoms with van der Waals surface area (Å²) in [5, 5.41) is 2.85. The topological polar surface area (TPSA) is 81.8 Å². The fraction of sp³-hybridized carbons (Fsp3) is 0.421. The summed E-state index contributed by atoms with van der Waals surface area (Å²) in [7, 11) is 1.58. The van der Waals surface area contributed by atoms with Gasteiger partial charge in [-0.1, -0.05) is 13.8 Å². The van der Waals surface area contributed by atoms with Gasteiger partial charge in [0.05, 0.1) is 11.0 Å². The molecular formula is C19H24N4O3. The summed E-state index contributed by atoms with van der Waals surface area (Å²) in [6.07, 6.45) is 1.67. The van der Waals surface area contributed by atoms with Crippen molar-refractivity contribution in [3.05, 3.63) is 55.9 Å². The van der Waals surface area contributed by atoms with Crippen molar-refractivity contribution in [2.45, 2.75) is 46.7 Å². The van der Waals surface area contributed by atoms with Crippen LogP contribution < -0.4 is 11.2 Å². The lowest BCUT2D eigenvalue weighted by molar-refractivity contribution is 0.103. The minimum absolute atomic E-state index is 0.0537. The van der Waals surface area contributed by atoms with Gasteiger partial charge in [0.1, 0.15) is 5.56 Å². The average Bonchev–Trinajstić information content (AvgIpc) is 3.02. The lowest BCUT2D eigenvalue weighted by Gasteiger charge is -2.03. The number of H-pyrrole nitrogens is 1. The second kappa shape index (κ2) is 6.82. The highest BCUT2D eigenvalue weighted by atomic mass is 16.2. The van der Waals surface area contributed by atoms with E-state index in [1.54, 1.807) is 41.3 Å². The van der Waals surface area contributed by atoms with Crippen LogP contribution in [0.5, 0.6) is 0 Å². The van der Waals surface area contributed by atoms with Gasteiger partial charge in [-0.25, -0.2) is 4.79 Å². The minimum atomic E-state index is -0.345. The molecule has 0 bridgehead atoms. The van der Waals surface area contributed by atoms with Crippen molar-refractivity contribution in [3.8, 4) is 0 Å². The Morgan fingerprint density at radius 3 is 2.19 bits per heavy atom. The van der Waals surface area contributed by atoms with Gasteiger partial charge in [-0.15, -0.1) is 0 Å². The van der Waals surface area contributed by atoms with Gasteiger partial charge in [0.2, 0.25) is 5.78 Å². The highest BCUT2D eigenvalue weighted by molar-refractivity contribution is 6.10. The summed E-state index contributed by atoms with van der Waals surface area (Å²) in [6, 6.07) is 5.23. The molecule has 3 rings (SSSR count). The number of carbonyl (C=O) groups excluding carboxylic acids is 1. The highest BCUT2D eigenvalue weighted by Crippen LogP contribution is 2.19. The molecule has 0 saturated heterocycles. The second-order valence-electron chi connectivity index (χ2n) is 6.59. The van der Waals surface area contributed by atoms with Crippen LogP contribution >= 0.6 is 0 Å². The van der Waals surface area contributed by atoms with Gasteiger partial charge < -0.3 is 0 Å². The Hall–Kier alpha value is -2.83. The number of benzene rings is 1. The first-order valence-corrected chi connectivity index (χ1v) is 8.94. The molecule has 0 radical (unpaired) electrons. The maximum absolute atomic E-state index is 12.9. The van der Waals surface area contributed by atoms with Crippen LogP contribution in [-0.2, 0) is 20.1 Å². The van der Waals surface area contributed by atoms with E-state index in [4.69, 9.17) is 0 Å². The largest absolute Gasteiger partial charge is 0.329 e. The van der Waals surface area contributed by atoms with Gasteiger partial charge in [-0.2, -0.15) is 0 Å². The zero-order valence-corrected chi connectivity index (χ0v) is 15.6. The fourth-order valence-electron chi connectivity index (χ4n) is 3.44. The number of rotatable bonds is 6. The van der Waals surface area contributed by atoms with Crippen LogP contribution in [-0.4, -0.2) is 24.7 Å². The predicted octanol–water partition coefficient (Wildman–Crippen LogP) is 2.19. The molecule has 7 heteroatoms. The first-order chi connectivity index (χ1) is 12.4. The molecule has 0 spiro atoms. The van der Waals surface area contributed by atoms with Crippen LogP contribution in [0.15, 0.2) is 27.8 Å². The van der Waals surface area contributed by atoms with Crippen LogP contribution in [0.25, 0.3) is 11.0 Å². The van der Waals surface area contributed by atoms with Crippen LogP contribution in [0.1, 0.15) is 48.3 Å². The van der Waals surface area contributed by atoms with E-state index < -0.39 is 0 Å². The molecule has 0 fully saturated rings. The number of ketones is 1. The summed E-state index contributed by atoms with van der Waals surface area (Å²) < 4.78 is 4.76. The molecule has 138 valence electrons. The Labute approximate surface area is 150 Å². The first kappa shape index (κ1) is 18.0. The van der Waals surface area contributed by atoms with Crippen molar-refractivity contribution in [1.29, 1.82) is 0 Å². The molecule has 1 aromatic carbocycles. The summed E-state index contributed by atoms with van der Waals surface area (Å²) in [5.41, 5.74) is 2.25. The molecule has 2 aromatic heterocycles. The van der Waals surface area contributed by atoms with Gasteiger partial charge in [0.25, 0.3) is 5.56 Å². The lowest BCUT2D eigenvalue weighted by Crippen LogP contribution is -2.24. The van der Waals surface area contributed by atoms with Crippen molar-refractivity contribution in [2.24, 2.45) is 7.05 Å². The van der Waals surface area contributed by atoms with Crippen LogP contribution in [0, 0.1) is 6.92 Å². The van der Waals surface area contributed by atoms with E-state index in [1.165, 1.54) is 4.68 Å². The lowest BCUT2D eigenvalue weighted by atomic mass is 10.0. The number of carbonyl (C=O) groups is 1. The van der Waals surface area contributed by atoms with Gasteiger partial charge in [0, 0.05) is 31.4 Å². The molecule has 3 aromatic rings. The van der Waals surface area contributed by atoms with Gasteiger partial charge in [-0.3, -0.25) is 28.5 Å². The number of aryl methyl sites for hydroxylation is 4. The number of hydrogen-bond acceptors (Lipinski definition) is 3. The number of aromatic amines is 1. The third-order valence-corrected chi connectivity index (χ3v) is 4.63. The number of aromatic nitrogens is 4. The quantitative estimate of drug-likeness (QED) is 0.687. The molecule has 0 amide bonds. The third-order valence-electron chi connectivity index (χ3n) is 4.63. The summed E-state index contributed by atoms with van der Waals surface area (Å²) in [4.78, 5) is 37.9. The zero-order chi connectivity index (χ0) is 19.0. The Bertz CT molecular complexity index is 1090. The summed E-state index contributed by atoms with van der Waals surface area (Å²) in [6.45, 7) is 6.97. The van der Waals surface area contributed by atoms with E-state index in [9.17, 15) is 14.4 Å². The molecular weight excluding hydrogens is 332 g/mol. The highest BCUT2D eigenvalue weighted by Gasteiger charge is 2.21. The molecule has 0 unspecified atom stereocenters. The molecule has 0 atom stereocenters. The first-order valence-electron chi connectivity index (χ1n) is 8.94. The monoisotopic (exact) mass is 356 g/mol. The fourth-order valence-corrected chi connectivity index (χ4v) is 3.44. The molecule has 0 aliphatic carbocycles. The third kappa shape index (κ3) is 2.73. The van der Waals surface area contributed by atoms with E-state index in [0.717, 1.165) is 23.9 Å². The summed E-state index contributed by atoms with van der Waals surface area (Å²) in [5.74, 6) is -0.329. The van der Waals surface area contributed by atoms with Crippen molar-refractivity contribution in [3.63, 3.8) is 0 Å². The Balaban J connectivity index is 2.20. The van der Waals surface area contributed by atoms with Gasteiger partial charge in [-0.05, 0) is 38.0 Å². The Morgan fingerprint density at radius 1 is 1.04 bits per heavy atom. The second-order valence-corrected chi connectivity index (χ2v) is 6.59. The number of hydrogen-bond donors (Lipinski definition) is 1. The molecule has 26 heavy (non-hydrogen) atoms. The van der Waals surface area contributed by atoms with Crippen molar-refractivity contribution < 1.29 is 4.79 Å². The molecule has 0 aliphatic rings. The van der Waals surface area contributed by atoms with E-state index in [2.05, 4.69) is 5.10 Å². The van der Waals surface area contributed by atoms with E-state index in [-0.39, 0.29) is 22.6 Å². The molecule has 1 N–H and O–H groups in total. The van der Waals surface area contributed by atoms with E-state index in [1.807, 2.05) is 13.8 Å². The van der Waals surface area contributed by atoms with Crippen molar-refractivity contribution in [2.75, 3.05) is 0 Å². The van der Waals surface area contributed by atoms with E-state index in [0.29, 0.717) is 24.3 Å². The van der Waals surface area contributed by atoms with Crippen LogP contribution in [0.2, 0.25) is 0 Å². The standard InChI is InChI=1S/C19H24N4O3/c1-5-9-22-14-8-7-13(11-15(14)23(10-6-2)19(22)26)17(24)16-12(3)20-21(4)18(16)25/h7-8,11,20H,5-6,9-10H2,1-4H3. The zero-order valence-electron chi connectivity index (χ0n) is 15.6.